The fourth-order valence-corrected chi connectivity index (χ4v) is 2.72. The molecule has 138 valence electrons. The molecule has 1 fully saturated rings. The number of carbonyl (C=O) groups excluding carboxylic acids is 1. The number of anilines is 1. The molecule has 2 rings (SSSR count). The summed E-state index contributed by atoms with van der Waals surface area (Å²) in [4.78, 5) is 20.5. The SMILES string of the molecule is CC(C)(C)NC(N)=NCCC(=O)N1CCN(c2ccc(F)cc2)CC1. The molecule has 1 aromatic carbocycles. The van der Waals surface area contributed by atoms with E-state index in [9.17, 15) is 9.18 Å². The summed E-state index contributed by atoms with van der Waals surface area (Å²) in [5, 5.41) is 3.07. The number of carbonyl (C=O) groups is 1. The number of piperazine rings is 1. The smallest absolute Gasteiger partial charge is 0.224 e. The van der Waals surface area contributed by atoms with Gasteiger partial charge in [-0.05, 0) is 45.0 Å². The maximum absolute atomic E-state index is 13.0. The third-order valence-electron chi connectivity index (χ3n) is 3.94. The molecule has 0 radical (unpaired) electrons. The number of rotatable bonds is 4. The van der Waals surface area contributed by atoms with Crippen molar-refractivity contribution in [2.45, 2.75) is 32.7 Å². The lowest BCUT2D eigenvalue weighted by Gasteiger charge is -2.36. The van der Waals surface area contributed by atoms with E-state index in [0.29, 0.717) is 32.0 Å². The normalized spacial score (nSPS) is 16.1. The van der Waals surface area contributed by atoms with Gasteiger partial charge in [-0.2, -0.15) is 0 Å². The predicted octanol–water partition coefficient (Wildman–Crippen LogP) is 1.57. The minimum Gasteiger partial charge on any atom is -0.370 e. The molecule has 0 aromatic heterocycles. The summed E-state index contributed by atoms with van der Waals surface area (Å²) in [5.41, 5.74) is 6.64. The zero-order valence-electron chi connectivity index (χ0n) is 15.3. The van der Waals surface area contributed by atoms with E-state index in [4.69, 9.17) is 5.73 Å². The van der Waals surface area contributed by atoms with Crippen LogP contribution in [0.2, 0.25) is 0 Å². The zero-order chi connectivity index (χ0) is 18.4. The van der Waals surface area contributed by atoms with E-state index in [2.05, 4.69) is 15.2 Å². The third-order valence-corrected chi connectivity index (χ3v) is 3.94. The molecule has 0 saturated carbocycles. The maximum Gasteiger partial charge on any atom is 0.224 e. The molecule has 0 spiro atoms. The van der Waals surface area contributed by atoms with Gasteiger partial charge < -0.3 is 20.9 Å². The quantitative estimate of drug-likeness (QED) is 0.639. The van der Waals surface area contributed by atoms with E-state index in [1.54, 1.807) is 12.1 Å². The summed E-state index contributed by atoms with van der Waals surface area (Å²) >= 11 is 0. The Balaban J connectivity index is 1.75. The van der Waals surface area contributed by atoms with Crippen molar-refractivity contribution in [2.24, 2.45) is 10.7 Å². The van der Waals surface area contributed by atoms with E-state index >= 15 is 0 Å². The summed E-state index contributed by atoms with van der Waals surface area (Å²) in [6.45, 7) is 9.20. The summed E-state index contributed by atoms with van der Waals surface area (Å²) in [6, 6.07) is 6.46. The van der Waals surface area contributed by atoms with E-state index in [0.717, 1.165) is 18.8 Å². The van der Waals surface area contributed by atoms with Gasteiger partial charge in [-0.3, -0.25) is 9.79 Å². The highest BCUT2D eigenvalue weighted by Gasteiger charge is 2.21. The molecule has 6 nitrogen and oxygen atoms in total. The van der Waals surface area contributed by atoms with Crippen LogP contribution in [-0.2, 0) is 4.79 Å². The van der Waals surface area contributed by atoms with Crippen molar-refractivity contribution in [3.05, 3.63) is 30.1 Å². The van der Waals surface area contributed by atoms with Crippen LogP contribution in [0.15, 0.2) is 29.3 Å². The Morgan fingerprint density at radius 3 is 2.36 bits per heavy atom. The molecule has 0 bridgehead atoms. The fourth-order valence-electron chi connectivity index (χ4n) is 2.72. The molecule has 0 atom stereocenters. The second-order valence-corrected chi connectivity index (χ2v) is 7.24. The van der Waals surface area contributed by atoms with Gasteiger partial charge in [0, 0.05) is 43.8 Å². The van der Waals surface area contributed by atoms with Gasteiger partial charge >= 0.3 is 0 Å². The number of nitrogens with two attached hydrogens (primary N) is 1. The third kappa shape index (κ3) is 6.25. The van der Waals surface area contributed by atoms with Gasteiger partial charge in [0.1, 0.15) is 5.82 Å². The Hall–Kier alpha value is -2.31. The molecule has 1 aromatic rings. The number of nitrogens with one attached hydrogen (secondary N) is 1. The molecule has 0 aliphatic carbocycles. The first-order chi connectivity index (χ1) is 11.7. The summed E-state index contributed by atoms with van der Waals surface area (Å²) in [6.07, 6.45) is 0.350. The predicted molar refractivity (Wildman–Crippen MR) is 99.2 cm³/mol. The zero-order valence-corrected chi connectivity index (χ0v) is 15.3. The van der Waals surface area contributed by atoms with Gasteiger partial charge in [-0.15, -0.1) is 0 Å². The highest BCUT2D eigenvalue weighted by atomic mass is 19.1. The first-order valence-corrected chi connectivity index (χ1v) is 8.61. The second-order valence-electron chi connectivity index (χ2n) is 7.24. The molecule has 3 N–H and O–H groups in total. The standard InChI is InChI=1S/C18H28FN5O/c1-18(2,3)22-17(20)21-9-8-16(25)24-12-10-23(11-13-24)15-6-4-14(19)5-7-15/h4-7H,8-13H2,1-3H3,(H3,20,21,22). The van der Waals surface area contributed by atoms with Crippen LogP contribution in [0.25, 0.3) is 0 Å². The minimum atomic E-state index is -0.238. The lowest BCUT2D eigenvalue weighted by Crippen LogP contribution is -2.49. The van der Waals surface area contributed by atoms with Crippen LogP contribution < -0.4 is 16.0 Å². The van der Waals surface area contributed by atoms with Crippen molar-refractivity contribution < 1.29 is 9.18 Å². The van der Waals surface area contributed by atoms with Gasteiger partial charge in [0.25, 0.3) is 0 Å². The molecule has 7 heteroatoms. The average molecular weight is 349 g/mol. The summed E-state index contributed by atoms with van der Waals surface area (Å²) in [7, 11) is 0. The number of aliphatic imine (C=N–C) groups is 1. The average Bonchev–Trinajstić information content (AvgIpc) is 2.54. The van der Waals surface area contributed by atoms with Crippen LogP contribution in [0.5, 0.6) is 0 Å². The van der Waals surface area contributed by atoms with E-state index < -0.39 is 0 Å². The topological polar surface area (TPSA) is 74.0 Å². The van der Waals surface area contributed by atoms with Gasteiger partial charge in [0.15, 0.2) is 5.96 Å². The molecule has 1 aliphatic heterocycles. The highest BCUT2D eigenvalue weighted by molar-refractivity contribution is 5.80. The van der Waals surface area contributed by atoms with Gasteiger partial charge in [-0.1, -0.05) is 0 Å². The van der Waals surface area contributed by atoms with Crippen molar-refractivity contribution in [1.29, 1.82) is 0 Å². The van der Waals surface area contributed by atoms with Crippen LogP contribution in [0.4, 0.5) is 10.1 Å². The van der Waals surface area contributed by atoms with Crippen molar-refractivity contribution in [3.8, 4) is 0 Å². The number of benzene rings is 1. The van der Waals surface area contributed by atoms with Crippen molar-refractivity contribution in [1.82, 2.24) is 10.2 Å². The van der Waals surface area contributed by atoms with Gasteiger partial charge in [0.2, 0.25) is 5.91 Å². The number of guanidine groups is 1. The monoisotopic (exact) mass is 349 g/mol. The van der Waals surface area contributed by atoms with Crippen molar-refractivity contribution in [3.63, 3.8) is 0 Å². The first kappa shape index (κ1) is 19.0. The van der Waals surface area contributed by atoms with Crippen LogP contribution >= 0.6 is 0 Å². The van der Waals surface area contributed by atoms with E-state index in [1.807, 2.05) is 25.7 Å². The molecule has 1 saturated heterocycles. The van der Waals surface area contributed by atoms with E-state index in [1.165, 1.54) is 12.1 Å². The van der Waals surface area contributed by atoms with Crippen LogP contribution in [0.1, 0.15) is 27.2 Å². The minimum absolute atomic E-state index is 0.0889. The lowest BCUT2D eigenvalue weighted by molar-refractivity contribution is -0.131. The lowest BCUT2D eigenvalue weighted by atomic mass is 10.1. The van der Waals surface area contributed by atoms with Crippen LogP contribution in [0.3, 0.4) is 0 Å². The molecular weight excluding hydrogens is 321 g/mol. The Labute approximate surface area is 148 Å². The van der Waals surface area contributed by atoms with Gasteiger partial charge in [-0.25, -0.2) is 4.39 Å². The Morgan fingerprint density at radius 1 is 1.20 bits per heavy atom. The number of hydrogen-bond acceptors (Lipinski definition) is 3. The van der Waals surface area contributed by atoms with Crippen LogP contribution in [0, 0.1) is 5.82 Å². The molecular formula is C18H28FN5O. The Morgan fingerprint density at radius 2 is 1.80 bits per heavy atom. The second kappa shape index (κ2) is 8.18. The largest absolute Gasteiger partial charge is 0.370 e. The van der Waals surface area contributed by atoms with E-state index in [-0.39, 0.29) is 17.3 Å². The fraction of sp³-hybridized carbons (Fsp3) is 0.556. The first-order valence-electron chi connectivity index (χ1n) is 8.61. The number of amides is 1. The summed E-state index contributed by atoms with van der Waals surface area (Å²) < 4.78 is 13.0. The Bertz CT molecular complexity index is 601. The molecule has 0 unspecified atom stereocenters. The van der Waals surface area contributed by atoms with Crippen LogP contribution in [-0.4, -0.2) is 55.0 Å². The van der Waals surface area contributed by atoms with Crippen molar-refractivity contribution >= 4 is 17.6 Å². The molecule has 1 amide bonds. The molecule has 25 heavy (non-hydrogen) atoms. The van der Waals surface area contributed by atoms with Gasteiger partial charge in [0.05, 0.1) is 6.54 Å². The molecule has 1 heterocycles. The maximum atomic E-state index is 13.0. The van der Waals surface area contributed by atoms with Crippen molar-refractivity contribution in [2.75, 3.05) is 37.6 Å². The summed E-state index contributed by atoms with van der Waals surface area (Å²) in [5.74, 6) is 0.214. The number of hydrogen-bond donors (Lipinski definition) is 2. The molecule has 1 aliphatic rings. The highest BCUT2D eigenvalue weighted by Crippen LogP contribution is 2.17. The number of halogens is 1. The Kier molecular flexibility index (Phi) is 6.22. The number of nitrogens with zero attached hydrogens (tertiary/aromatic N) is 3.